The number of para-hydroxylation sites is 1. The van der Waals surface area contributed by atoms with Crippen LogP contribution in [0.4, 0.5) is 11.4 Å². The quantitative estimate of drug-likeness (QED) is 0.338. The number of unbranched alkanes of at least 4 members (excludes halogenated alkanes) is 1. The van der Waals surface area contributed by atoms with Crippen molar-refractivity contribution in [1.29, 1.82) is 0 Å². The van der Waals surface area contributed by atoms with Gasteiger partial charge in [-0.25, -0.2) is 4.79 Å². The highest BCUT2D eigenvalue weighted by molar-refractivity contribution is 9.10. The first-order valence-corrected chi connectivity index (χ1v) is 12.6. The Morgan fingerprint density at radius 3 is 2.68 bits per heavy atom. The van der Waals surface area contributed by atoms with Gasteiger partial charge in [-0.15, -0.1) is 0 Å². The molecule has 2 aromatic rings. The highest BCUT2D eigenvalue weighted by atomic mass is 79.9. The molecule has 0 saturated carbocycles. The van der Waals surface area contributed by atoms with Gasteiger partial charge in [0.2, 0.25) is 0 Å². The molecule has 0 bridgehead atoms. The van der Waals surface area contributed by atoms with Crippen LogP contribution in [0.25, 0.3) is 0 Å². The molecule has 0 radical (unpaired) electrons. The number of fused-ring (bicyclic) bond motifs is 1. The van der Waals surface area contributed by atoms with Crippen molar-refractivity contribution in [1.82, 2.24) is 0 Å². The number of rotatable bonds is 8. The number of anilines is 2. The van der Waals surface area contributed by atoms with Gasteiger partial charge in [0.1, 0.15) is 5.75 Å². The lowest BCUT2D eigenvalue weighted by Crippen LogP contribution is -2.37. The molecule has 2 aromatic carbocycles. The van der Waals surface area contributed by atoms with E-state index in [9.17, 15) is 9.00 Å². The van der Waals surface area contributed by atoms with Gasteiger partial charge in [0, 0.05) is 24.1 Å². The summed E-state index contributed by atoms with van der Waals surface area (Å²) in [6.45, 7) is 5.16. The number of benzene rings is 2. The van der Waals surface area contributed by atoms with Crippen molar-refractivity contribution in [2.75, 3.05) is 17.2 Å². The fourth-order valence-electron chi connectivity index (χ4n) is 3.93. The molecule has 7 heteroatoms. The number of ether oxygens (including phenoxy) is 1. The van der Waals surface area contributed by atoms with Gasteiger partial charge >= 0.3 is 5.97 Å². The number of halogens is 1. The van der Waals surface area contributed by atoms with E-state index in [1.165, 1.54) is 0 Å². The lowest BCUT2D eigenvalue weighted by atomic mass is 9.81. The number of carboxylic acid groups (broad SMARTS) is 1. The number of nitrogens with zero attached hydrogens (tertiary/aromatic N) is 1. The van der Waals surface area contributed by atoms with Crippen molar-refractivity contribution in [3.8, 4) is 5.75 Å². The third-order valence-electron chi connectivity index (χ3n) is 5.76. The van der Waals surface area contributed by atoms with Gasteiger partial charge < -0.3 is 14.7 Å². The molecular weight excluding hydrogens is 478 g/mol. The maximum atomic E-state index is 13.6. The molecule has 1 aliphatic heterocycles. The van der Waals surface area contributed by atoms with Crippen LogP contribution in [0.5, 0.6) is 5.75 Å². The van der Waals surface area contributed by atoms with E-state index in [0.29, 0.717) is 20.9 Å². The molecule has 0 aromatic heterocycles. The second-order valence-corrected chi connectivity index (χ2v) is 10.2. The first-order chi connectivity index (χ1) is 14.9. The van der Waals surface area contributed by atoms with Crippen LogP contribution in [0.3, 0.4) is 0 Å². The van der Waals surface area contributed by atoms with Gasteiger partial charge in [0.25, 0.3) is 0 Å². The van der Waals surface area contributed by atoms with Gasteiger partial charge in [-0.05, 0) is 52.4 Å². The number of hydrogen-bond acceptors (Lipinski definition) is 4. The summed E-state index contributed by atoms with van der Waals surface area (Å²) in [5.74, 6) is -0.0603. The zero-order chi connectivity index (χ0) is 22.4. The molecule has 1 N–H and O–H groups in total. The summed E-state index contributed by atoms with van der Waals surface area (Å²) in [6, 6.07) is 13.9. The monoisotopic (exact) mass is 505 g/mol. The summed E-state index contributed by atoms with van der Waals surface area (Å²) in [4.78, 5) is 13.7. The smallest absolute Gasteiger partial charge is 0.331 e. The van der Waals surface area contributed by atoms with E-state index in [-0.39, 0.29) is 5.41 Å². The van der Waals surface area contributed by atoms with Crippen molar-refractivity contribution in [3.05, 3.63) is 59.3 Å². The first-order valence-electron chi connectivity index (χ1n) is 10.5. The molecule has 0 aliphatic carbocycles. The zero-order valence-electron chi connectivity index (χ0n) is 17.8. The standard InChI is InChI=1S/C24H28BrNO4S/c1-3-5-12-24(4-2)16-26(18-9-7-6-8-10-18)20-14-19(25)21(30-13-11-23(27)28)15-22(20)31(29)17-24/h6-11,13-15H,3-5,12,16-17H2,1-2H3,(H,27,28)/b13-11+. The second kappa shape index (κ2) is 10.5. The predicted octanol–water partition coefficient (Wildman–Crippen LogP) is 6.27. The summed E-state index contributed by atoms with van der Waals surface area (Å²) >= 11 is 3.54. The van der Waals surface area contributed by atoms with E-state index in [1.807, 2.05) is 24.3 Å². The van der Waals surface area contributed by atoms with Crippen LogP contribution in [0, 0.1) is 5.41 Å². The summed E-state index contributed by atoms with van der Waals surface area (Å²) in [5, 5.41) is 8.81. The topological polar surface area (TPSA) is 66.8 Å². The summed E-state index contributed by atoms with van der Waals surface area (Å²) in [5.41, 5.74) is 1.88. The average Bonchev–Trinajstić information content (AvgIpc) is 2.88. The highest BCUT2D eigenvalue weighted by Crippen LogP contribution is 2.45. The molecule has 0 amide bonds. The third-order valence-corrected chi connectivity index (χ3v) is 8.08. The molecular formula is C24H28BrNO4S. The molecule has 1 aliphatic rings. The first kappa shape index (κ1) is 23.5. The molecule has 2 unspecified atom stereocenters. The van der Waals surface area contributed by atoms with Crippen molar-refractivity contribution < 1.29 is 18.8 Å². The Bertz CT molecular complexity index is 979. The Balaban J connectivity index is 2.11. The molecule has 0 fully saturated rings. The Labute approximate surface area is 194 Å². The van der Waals surface area contributed by atoms with Gasteiger partial charge in [-0.3, -0.25) is 4.21 Å². The van der Waals surface area contributed by atoms with Crippen LogP contribution in [0.2, 0.25) is 0 Å². The second-order valence-electron chi connectivity index (χ2n) is 7.88. The fourth-order valence-corrected chi connectivity index (χ4v) is 6.14. The summed E-state index contributed by atoms with van der Waals surface area (Å²) in [7, 11) is -1.22. The number of carbonyl (C=O) groups is 1. The van der Waals surface area contributed by atoms with E-state index in [2.05, 4.69) is 46.8 Å². The lowest BCUT2D eigenvalue weighted by molar-refractivity contribution is -0.131. The maximum absolute atomic E-state index is 13.6. The average molecular weight is 506 g/mol. The number of aliphatic carboxylic acids is 1. The normalized spacial score (nSPS) is 21.0. The van der Waals surface area contributed by atoms with Crippen LogP contribution < -0.4 is 9.64 Å². The maximum Gasteiger partial charge on any atom is 0.331 e. The van der Waals surface area contributed by atoms with Gasteiger partial charge in [0.15, 0.2) is 0 Å². The van der Waals surface area contributed by atoms with E-state index >= 15 is 0 Å². The molecule has 1 heterocycles. The van der Waals surface area contributed by atoms with Crippen molar-refractivity contribution >= 4 is 44.1 Å². The minimum atomic E-state index is -1.22. The molecule has 0 saturated heterocycles. The van der Waals surface area contributed by atoms with Crippen molar-refractivity contribution in [3.63, 3.8) is 0 Å². The minimum Gasteiger partial charge on any atom is -0.478 e. The van der Waals surface area contributed by atoms with E-state index in [4.69, 9.17) is 9.84 Å². The predicted molar refractivity (Wildman–Crippen MR) is 129 cm³/mol. The highest BCUT2D eigenvalue weighted by Gasteiger charge is 2.38. The fraction of sp³-hybridized carbons (Fsp3) is 0.375. The van der Waals surface area contributed by atoms with Crippen molar-refractivity contribution in [2.24, 2.45) is 5.41 Å². The van der Waals surface area contributed by atoms with E-state index < -0.39 is 16.8 Å². The molecule has 166 valence electrons. The third kappa shape index (κ3) is 5.57. The van der Waals surface area contributed by atoms with Crippen LogP contribution >= 0.6 is 15.9 Å². The van der Waals surface area contributed by atoms with Crippen LogP contribution in [-0.2, 0) is 15.6 Å². The molecule has 3 rings (SSSR count). The zero-order valence-corrected chi connectivity index (χ0v) is 20.2. The molecule has 0 spiro atoms. The lowest BCUT2D eigenvalue weighted by Gasteiger charge is -2.36. The Hall–Kier alpha value is -2.12. The minimum absolute atomic E-state index is 0.0631. The Morgan fingerprint density at radius 1 is 1.29 bits per heavy atom. The summed E-state index contributed by atoms with van der Waals surface area (Å²) < 4.78 is 19.8. The molecule has 5 nitrogen and oxygen atoms in total. The van der Waals surface area contributed by atoms with Gasteiger partial charge in [0.05, 0.1) is 38.2 Å². The van der Waals surface area contributed by atoms with Gasteiger partial charge in [-0.2, -0.15) is 0 Å². The number of hydrogen-bond donors (Lipinski definition) is 1. The van der Waals surface area contributed by atoms with Crippen LogP contribution in [0.15, 0.2) is 64.2 Å². The van der Waals surface area contributed by atoms with Gasteiger partial charge in [-0.1, -0.05) is 44.9 Å². The van der Waals surface area contributed by atoms with E-state index in [1.54, 1.807) is 6.07 Å². The summed E-state index contributed by atoms with van der Waals surface area (Å²) in [6.07, 6.45) is 6.23. The molecule has 2 atom stereocenters. The number of carboxylic acids is 1. The SMILES string of the molecule is CCCCC1(CC)CN(c2ccccc2)c2cc(Br)c(O/C=C/C(=O)O)cc2S(=O)C1. The molecule has 31 heavy (non-hydrogen) atoms. The van der Waals surface area contributed by atoms with E-state index in [0.717, 1.165) is 55.9 Å². The van der Waals surface area contributed by atoms with Crippen molar-refractivity contribution in [2.45, 2.75) is 44.4 Å². The van der Waals surface area contributed by atoms with Crippen LogP contribution in [-0.4, -0.2) is 27.6 Å². The Morgan fingerprint density at radius 2 is 2.03 bits per heavy atom. The van der Waals surface area contributed by atoms with Crippen LogP contribution in [0.1, 0.15) is 39.5 Å². The Kier molecular flexibility index (Phi) is 7.94. The largest absolute Gasteiger partial charge is 0.478 e.